The van der Waals surface area contributed by atoms with E-state index in [4.69, 9.17) is 4.74 Å². The minimum absolute atomic E-state index is 0.0496. The summed E-state index contributed by atoms with van der Waals surface area (Å²) >= 11 is 0. The molecule has 110 valence electrons. The molecular weight excluding hydrogens is 264 g/mol. The standard InChI is InChI=1S/C13H18N2O5/c1-9(16)7-8-14(2)13(17)10-5-4-6-11(15(18)19)12(10)20-3/h4-6,9,16H,7-8H2,1-3H3. The molecule has 1 aromatic carbocycles. The number of rotatable bonds is 6. The van der Waals surface area contributed by atoms with Crippen LogP contribution in [0.4, 0.5) is 5.69 Å². The third-order valence-electron chi connectivity index (χ3n) is 2.85. The summed E-state index contributed by atoms with van der Waals surface area (Å²) < 4.78 is 5.00. The van der Waals surface area contributed by atoms with Crippen LogP contribution in [0.25, 0.3) is 0 Å². The molecule has 1 rings (SSSR count). The maximum Gasteiger partial charge on any atom is 0.311 e. The zero-order valence-corrected chi connectivity index (χ0v) is 11.7. The lowest BCUT2D eigenvalue weighted by Crippen LogP contribution is -2.29. The van der Waals surface area contributed by atoms with Crippen molar-refractivity contribution >= 4 is 11.6 Å². The van der Waals surface area contributed by atoms with Crippen molar-refractivity contribution in [2.45, 2.75) is 19.4 Å². The smallest absolute Gasteiger partial charge is 0.311 e. The summed E-state index contributed by atoms with van der Waals surface area (Å²) in [4.78, 5) is 24.0. The second-order valence-corrected chi connectivity index (χ2v) is 4.48. The molecule has 0 aliphatic carbocycles. The fourth-order valence-corrected chi connectivity index (χ4v) is 1.74. The molecule has 1 N–H and O–H groups in total. The van der Waals surface area contributed by atoms with Gasteiger partial charge in [-0.2, -0.15) is 0 Å². The summed E-state index contributed by atoms with van der Waals surface area (Å²) in [6, 6.07) is 4.20. The lowest BCUT2D eigenvalue weighted by atomic mass is 10.1. The SMILES string of the molecule is COc1c(C(=O)N(C)CCC(C)O)cccc1[N+](=O)[O-]. The molecule has 0 saturated carbocycles. The van der Waals surface area contributed by atoms with Gasteiger partial charge in [0.15, 0.2) is 0 Å². The number of aliphatic hydroxyl groups excluding tert-OH is 1. The van der Waals surface area contributed by atoms with Crippen molar-refractivity contribution in [3.05, 3.63) is 33.9 Å². The fraction of sp³-hybridized carbons (Fsp3) is 0.462. The Hall–Kier alpha value is -2.15. The summed E-state index contributed by atoms with van der Waals surface area (Å²) in [7, 11) is 2.86. The Morgan fingerprint density at radius 2 is 2.20 bits per heavy atom. The fourth-order valence-electron chi connectivity index (χ4n) is 1.74. The highest BCUT2D eigenvalue weighted by Gasteiger charge is 2.24. The van der Waals surface area contributed by atoms with Gasteiger partial charge in [-0.25, -0.2) is 0 Å². The van der Waals surface area contributed by atoms with Gasteiger partial charge in [0.25, 0.3) is 5.91 Å². The molecule has 1 unspecified atom stereocenters. The lowest BCUT2D eigenvalue weighted by molar-refractivity contribution is -0.385. The Morgan fingerprint density at radius 3 is 2.70 bits per heavy atom. The molecular formula is C13H18N2O5. The summed E-state index contributed by atoms with van der Waals surface area (Å²) in [6.45, 7) is 1.98. The molecule has 0 bridgehead atoms. The number of ether oxygens (including phenoxy) is 1. The number of hydrogen-bond donors (Lipinski definition) is 1. The first-order valence-electron chi connectivity index (χ1n) is 6.13. The van der Waals surface area contributed by atoms with E-state index in [0.717, 1.165) is 0 Å². The van der Waals surface area contributed by atoms with Gasteiger partial charge in [0.05, 0.1) is 23.7 Å². The Labute approximate surface area is 116 Å². The van der Waals surface area contributed by atoms with E-state index in [1.54, 1.807) is 14.0 Å². The van der Waals surface area contributed by atoms with Gasteiger partial charge in [0, 0.05) is 19.7 Å². The summed E-state index contributed by atoms with van der Waals surface area (Å²) in [6.07, 6.45) is -0.0864. The molecule has 0 aromatic heterocycles. The van der Waals surface area contributed by atoms with E-state index in [0.29, 0.717) is 13.0 Å². The normalized spacial score (nSPS) is 11.8. The Balaban J connectivity index is 3.03. The molecule has 0 heterocycles. The van der Waals surface area contributed by atoms with Crippen molar-refractivity contribution in [3.63, 3.8) is 0 Å². The van der Waals surface area contributed by atoms with Crippen molar-refractivity contribution < 1.29 is 19.6 Å². The van der Waals surface area contributed by atoms with E-state index in [9.17, 15) is 20.0 Å². The monoisotopic (exact) mass is 282 g/mol. The van der Waals surface area contributed by atoms with Crippen molar-refractivity contribution in [1.29, 1.82) is 0 Å². The van der Waals surface area contributed by atoms with Gasteiger partial charge in [-0.3, -0.25) is 14.9 Å². The van der Waals surface area contributed by atoms with Gasteiger partial charge in [-0.05, 0) is 19.4 Å². The number of carbonyl (C=O) groups is 1. The average molecular weight is 282 g/mol. The molecule has 0 aliphatic heterocycles. The first-order valence-corrected chi connectivity index (χ1v) is 6.13. The Kier molecular flexibility index (Phi) is 5.45. The van der Waals surface area contributed by atoms with Gasteiger partial charge in [-0.15, -0.1) is 0 Å². The van der Waals surface area contributed by atoms with E-state index < -0.39 is 11.0 Å². The largest absolute Gasteiger partial charge is 0.490 e. The van der Waals surface area contributed by atoms with Crippen molar-refractivity contribution in [3.8, 4) is 5.75 Å². The molecule has 1 amide bonds. The molecule has 0 radical (unpaired) electrons. The number of hydrogen-bond acceptors (Lipinski definition) is 5. The van der Waals surface area contributed by atoms with Crippen molar-refractivity contribution in [1.82, 2.24) is 4.90 Å². The lowest BCUT2D eigenvalue weighted by Gasteiger charge is -2.19. The van der Waals surface area contributed by atoms with Crippen LogP contribution in [0.15, 0.2) is 18.2 Å². The number of para-hydroxylation sites is 1. The number of nitro groups is 1. The molecule has 0 saturated heterocycles. The second-order valence-electron chi connectivity index (χ2n) is 4.48. The molecule has 0 aliphatic rings. The highest BCUT2D eigenvalue weighted by atomic mass is 16.6. The Morgan fingerprint density at radius 1 is 1.55 bits per heavy atom. The summed E-state index contributed by atoms with van der Waals surface area (Å²) in [5, 5.41) is 20.1. The van der Waals surface area contributed by atoms with Crippen LogP contribution in [-0.4, -0.2) is 47.6 Å². The Bertz CT molecular complexity index is 502. The second kappa shape index (κ2) is 6.85. The third kappa shape index (κ3) is 3.67. The van der Waals surface area contributed by atoms with Gasteiger partial charge < -0.3 is 14.7 Å². The van der Waals surface area contributed by atoms with E-state index in [2.05, 4.69) is 0 Å². The number of amides is 1. The van der Waals surface area contributed by atoms with Crippen LogP contribution >= 0.6 is 0 Å². The summed E-state index contributed by atoms with van der Waals surface area (Å²) in [5.74, 6) is -0.433. The predicted molar refractivity (Wildman–Crippen MR) is 72.9 cm³/mol. The third-order valence-corrected chi connectivity index (χ3v) is 2.85. The van der Waals surface area contributed by atoms with Crippen LogP contribution in [0, 0.1) is 10.1 Å². The van der Waals surface area contributed by atoms with Crippen LogP contribution in [-0.2, 0) is 0 Å². The maximum absolute atomic E-state index is 12.3. The minimum Gasteiger partial charge on any atom is -0.490 e. The zero-order chi connectivity index (χ0) is 15.3. The first kappa shape index (κ1) is 15.9. The van der Waals surface area contributed by atoms with Crippen molar-refractivity contribution in [2.24, 2.45) is 0 Å². The first-order chi connectivity index (χ1) is 9.38. The number of nitrogens with zero attached hydrogens (tertiary/aromatic N) is 2. The van der Waals surface area contributed by atoms with E-state index in [1.807, 2.05) is 0 Å². The molecule has 1 atom stereocenters. The average Bonchev–Trinajstić information content (AvgIpc) is 2.42. The number of aliphatic hydroxyl groups is 1. The number of carbonyl (C=O) groups excluding carboxylic acids is 1. The number of benzene rings is 1. The quantitative estimate of drug-likeness (QED) is 0.629. The topological polar surface area (TPSA) is 92.9 Å². The highest BCUT2D eigenvalue weighted by Crippen LogP contribution is 2.31. The van der Waals surface area contributed by atoms with Crippen LogP contribution in [0.3, 0.4) is 0 Å². The number of methoxy groups -OCH3 is 1. The molecule has 7 heteroatoms. The highest BCUT2D eigenvalue weighted by molar-refractivity contribution is 5.98. The van der Waals surface area contributed by atoms with Gasteiger partial charge >= 0.3 is 5.69 Å². The number of nitro benzene ring substituents is 1. The van der Waals surface area contributed by atoms with E-state index in [-0.39, 0.29) is 22.9 Å². The van der Waals surface area contributed by atoms with Crippen LogP contribution in [0.5, 0.6) is 5.75 Å². The molecule has 1 aromatic rings. The zero-order valence-electron chi connectivity index (χ0n) is 11.7. The van der Waals surface area contributed by atoms with E-state index in [1.165, 1.54) is 30.2 Å². The van der Waals surface area contributed by atoms with Crippen LogP contribution < -0.4 is 4.74 Å². The molecule has 0 spiro atoms. The van der Waals surface area contributed by atoms with Crippen molar-refractivity contribution in [2.75, 3.05) is 20.7 Å². The summed E-state index contributed by atoms with van der Waals surface area (Å²) in [5.41, 5.74) is -0.114. The van der Waals surface area contributed by atoms with Crippen LogP contribution in [0.1, 0.15) is 23.7 Å². The van der Waals surface area contributed by atoms with Gasteiger partial charge in [0.2, 0.25) is 5.75 Å². The maximum atomic E-state index is 12.3. The van der Waals surface area contributed by atoms with E-state index >= 15 is 0 Å². The van der Waals surface area contributed by atoms with Gasteiger partial charge in [-0.1, -0.05) is 6.07 Å². The molecule has 7 nitrogen and oxygen atoms in total. The predicted octanol–water partition coefficient (Wildman–Crippen LogP) is 1.45. The molecule has 0 fully saturated rings. The van der Waals surface area contributed by atoms with Gasteiger partial charge in [0.1, 0.15) is 0 Å². The van der Waals surface area contributed by atoms with Crippen LogP contribution in [0.2, 0.25) is 0 Å². The minimum atomic E-state index is -0.592. The molecule has 20 heavy (non-hydrogen) atoms.